The van der Waals surface area contributed by atoms with E-state index in [9.17, 15) is 4.79 Å². The van der Waals surface area contributed by atoms with Gasteiger partial charge < -0.3 is 4.90 Å². The second kappa shape index (κ2) is 7.16. The molecule has 0 radical (unpaired) electrons. The second-order valence-corrected chi connectivity index (χ2v) is 7.02. The summed E-state index contributed by atoms with van der Waals surface area (Å²) in [5.74, 6) is 0.342. The number of rotatable bonds is 4. The maximum absolute atomic E-state index is 12.9. The van der Waals surface area contributed by atoms with Gasteiger partial charge in [0.1, 0.15) is 0 Å². The van der Waals surface area contributed by atoms with E-state index in [-0.39, 0.29) is 11.8 Å². The molecule has 4 rings (SSSR count). The van der Waals surface area contributed by atoms with Crippen LogP contribution in [-0.4, -0.2) is 27.6 Å². The van der Waals surface area contributed by atoms with Gasteiger partial charge in [0.05, 0.1) is 5.69 Å². The van der Waals surface area contributed by atoms with Crippen LogP contribution in [-0.2, 0) is 24.2 Å². The Balaban J connectivity index is 1.40. The zero-order chi connectivity index (χ0) is 17.9. The highest BCUT2D eigenvalue weighted by atomic mass is 16.2. The van der Waals surface area contributed by atoms with Crippen molar-refractivity contribution in [2.45, 2.75) is 25.8 Å². The number of fused-ring (bicyclic) bond motifs is 1. The van der Waals surface area contributed by atoms with E-state index in [4.69, 9.17) is 0 Å². The molecule has 3 aromatic rings. The van der Waals surface area contributed by atoms with Gasteiger partial charge in [0.15, 0.2) is 0 Å². The number of aromatic nitrogens is 2. The molecule has 0 saturated carbocycles. The third-order valence-corrected chi connectivity index (χ3v) is 5.20. The average Bonchev–Trinajstić information content (AvgIpc) is 3.22. The number of amides is 1. The van der Waals surface area contributed by atoms with E-state index in [0.717, 1.165) is 30.5 Å². The zero-order valence-electron chi connectivity index (χ0n) is 15.0. The Kier molecular flexibility index (Phi) is 4.57. The topological polar surface area (TPSA) is 38.1 Å². The largest absolute Gasteiger partial charge is 0.341 e. The van der Waals surface area contributed by atoms with Gasteiger partial charge in [-0.2, -0.15) is 5.10 Å². The van der Waals surface area contributed by atoms with Crippen molar-refractivity contribution < 1.29 is 4.79 Å². The van der Waals surface area contributed by atoms with Crippen molar-refractivity contribution in [3.05, 3.63) is 83.7 Å². The first kappa shape index (κ1) is 16.6. The number of hydrogen-bond donors (Lipinski definition) is 0. The van der Waals surface area contributed by atoms with Crippen LogP contribution in [0.1, 0.15) is 23.1 Å². The highest BCUT2D eigenvalue weighted by Crippen LogP contribution is 2.27. The third kappa shape index (κ3) is 3.40. The Labute approximate surface area is 154 Å². The van der Waals surface area contributed by atoms with Gasteiger partial charge in [-0.3, -0.25) is 4.79 Å². The summed E-state index contributed by atoms with van der Waals surface area (Å²) in [4.78, 5) is 14.7. The van der Waals surface area contributed by atoms with Crippen molar-refractivity contribution >= 4 is 5.91 Å². The highest BCUT2D eigenvalue weighted by Gasteiger charge is 2.26. The number of nitrogens with zero attached hydrogens (tertiary/aromatic N) is 3. The fraction of sp³-hybridized carbons (Fsp3) is 0.273. The Morgan fingerprint density at radius 3 is 2.62 bits per heavy atom. The molecule has 0 fully saturated rings. The number of benzene rings is 2. The molecule has 4 nitrogen and oxygen atoms in total. The number of hydrogen-bond acceptors (Lipinski definition) is 2. The number of carbonyl (C=O) groups excluding carboxylic acids is 1. The lowest BCUT2D eigenvalue weighted by Gasteiger charge is -2.28. The minimum atomic E-state index is 0.0956. The van der Waals surface area contributed by atoms with Gasteiger partial charge in [0.2, 0.25) is 5.91 Å². The first-order valence-corrected chi connectivity index (χ1v) is 9.11. The molecule has 0 bridgehead atoms. The molecule has 1 aromatic heterocycles. The van der Waals surface area contributed by atoms with E-state index in [1.165, 1.54) is 11.1 Å². The monoisotopic (exact) mass is 345 g/mol. The minimum absolute atomic E-state index is 0.0956. The Morgan fingerprint density at radius 1 is 1.12 bits per heavy atom. The molecule has 1 amide bonds. The van der Waals surface area contributed by atoms with Gasteiger partial charge in [0, 0.05) is 31.9 Å². The van der Waals surface area contributed by atoms with E-state index < -0.39 is 0 Å². The molecule has 1 aliphatic carbocycles. The van der Waals surface area contributed by atoms with Crippen molar-refractivity contribution in [1.82, 2.24) is 14.7 Å². The fourth-order valence-corrected chi connectivity index (χ4v) is 3.75. The summed E-state index contributed by atoms with van der Waals surface area (Å²) in [5, 5.41) is 4.24. The minimum Gasteiger partial charge on any atom is -0.341 e. The normalized spacial score (nSPS) is 16.1. The fourth-order valence-electron chi connectivity index (χ4n) is 3.75. The Bertz CT molecular complexity index is 884. The van der Waals surface area contributed by atoms with Gasteiger partial charge >= 0.3 is 0 Å². The molecule has 4 heteroatoms. The molecule has 1 atom stereocenters. The smallest absolute Gasteiger partial charge is 0.226 e. The van der Waals surface area contributed by atoms with E-state index in [0.29, 0.717) is 6.54 Å². The molecule has 132 valence electrons. The summed E-state index contributed by atoms with van der Waals surface area (Å²) >= 11 is 0. The quantitative estimate of drug-likeness (QED) is 0.724. The summed E-state index contributed by atoms with van der Waals surface area (Å²) in [5.41, 5.74) is 4.88. The molecule has 0 spiro atoms. The van der Waals surface area contributed by atoms with E-state index in [1.54, 1.807) is 6.20 Å². The molecule has 1 aliphatic rings. The van der Waals surface area contributed by atoms with Crippen LogP contribution in [0.25, 0.3) is 5.69 Å². The maximum atomic E-state index is 12.9. The summed E-state index contributed by atoms with van der Waals surface area (Å²) in [7, 11) is 1.91. The zero-order valence-corrected chi connectivity index (χ0v) is 15.0. The molecule has 1 heterocycles. The standard InChI is InChI=1S/C22H23N3O/c1-24(16-17-7-11-21(12-8-17)25-14-4-13-23-25)22(26)20-10-9-18-5-2-3-6-19(18)15-20/h2-8,11-14,20H,9-10,15-16H2,1H3/t20-/m0/s1. The van der Waals surface area contributed by atoms with Crippen LogP contribution in [0.5, 0.6) is 0 Å². The highest BCUT2D eigenvalue weighted by molar-refractivity contribution is 5.79. The molecule has 0 unspecified atom stereocenters. The van der Waals surface area contributed by atoms with Crippen LogP contribution in [0.2, 0.25) is 0 Å². The van der Waals surface area contributed by atoms with Crippen LogP contribution in [0.4, 0.5) is 0 Å². The lowest BCUT2D eigenvalue weighted by atomic mass is 9.83. The summed E-state index contributed by atoms with van der Waals surface area (Å²) in [6, 6.07) is 18.6. The molecule has 0 N–H and O–H groups in total. The Morgan fingerprint density at radius 2 is 1.88 bits per heavy atom. The van der Waals surface area contributed by atoms with Crippen molar-refractivity contribution in [2.75, 3.05) is 7.05 Å². The summed E-state index contributed by atoms with van der Waals surface area (Å²) < 4.78 is 1.83. The van der Waals surface area contributed by atoms with Crippen LogP contribution >= 0.6 is 0 Å². The van der Waals surface area contributed by atoms with Crippen LogP contribution in [0.3, 0.4) is 0 Å². The maximum Gasteiger partial charge on any atom is 0.226 e. The van der Waals surface area contributed by atoms with Crippen molar-refractivity contribution in [2.24, 2.45) is 5.92 Å². The van der Waals surface area contributed by atoms with Gasteiger partial charge in [0.25, 0.3) is 0 Å². The average molecular weight is 345 g/mol. The van der Waals surface area contributed by atoms with Gasteiger partial charge in [-0.15, -0.1) is 0 Å². The summed E-state index contributed by atoms with van der Waals surface area (Å²) in [6.07, 6.45) is 6.49. The van der Waals surface area contributed by atoms with Crippen molar-refractivity contribution in [1.29, 1.82) is 0 Å². The molecule has 2 aromatic carbocycles. The van der Waals surface area contributed by atoms with Crippen LogP contribution in [0.15, 0.2) is 67.0 Å². The predicted molar refractivity (Wildman–Crippen MR) is 102 cm³/mol. The third-order valence-electron chi connectivity index (χ3n) is 5.20. The van der Waals surface area contributed by atoms with Gasteiger partial charge in [-0.25, -0.2) is 4.68 Å². The van der Waals surface area contributed by atoms with Gasteiger partial charge in [-0.05, 0) is 54.2 Å². The second-order valence-electron chi connectivity index (χ2n) is 7.02. The Hall–Kier alpha value is -2.88. The van der Waals surface area contributed by atoms with E-state index in [1.807, 2.05) is 41.0 Å². The predicted octanol–water partition coefficient (Wildman–Crippen LogP) is 3.64. The van der Waals surface area contributed by atoms with Crippen molar-refractivity contribution in [3.63, 3.8) is 0 Å². The molecule has 0 aliphatic heterocycles. The van der Waals surface area contributed by atoms with Crippen molar-refractivity contribution in [3.8, 4) is 5.69 Å². The first-order valence-electron chi connectivity index (χ1n) is 9.11. The SMILES string of the molecule is CN(Cc1ccc(-n2cccn2)cc1)C(=O)[C@H]1CCc2ccccc2C1. The molecule has 26 heavy (non-hydrogen) atoms. The van der Waals surface area contributed by atoms with Gasteiger partial charge in [-0.1, -0.05) is 36.4 Å². The first-order chi connectivity index (χ1) is 12.7. The molecular formula is C22H23N3O. The van der Waals surface area contributed by atoms with Crippen LogP contribution in [0, 0.1) is 5.92 Å². The van der Waals surface area contributed by atoms with E-state index >= 15 is 0 Å². The lowest BCUT2D eigenvalue weighted by Crippen LogP contribution is -2.35. The number of aryl methyl sites for hydroxylation is 1. The lowest BCUT2D eigenvalue weighted by molar-refractivity contribution is -0.135. The van der Waals surface area contributed by atoms with E-state index in [2.05, 4.69) is 41.5 Å². The van der Waals surface area contributed by atoms with Crippen LogP contribution < -0.4 is 0 Å². The summed E-state index contributed by atoms with van der Waals surface area (Å²) in [6.45, 7) is 0.635. The number of carbonyl (C=O) groups is 1. The molecule has 0 saturated heterocycles. The molecular weight excluding hydrogens is 322 g/mol.